The Morgan fingerprint density at radius 2 is 1.58 bits per heavy atom. The highest BCUT2D eigenvalue weighted by Crippen LogP contribution is 2.34. The zero-order valence-corrected chi connectivity index (χ0v) is 21.5. The van der Waals surface area contributed by atoms with E-state index in [2.05, 4.69) is 23.7 Å². The molecule has 190 valence electrons. The van der Waals surface area contributed by atoms with E-state index in [1.54, 1.807) is 23.1 Å². The van der Waals surface area contributed by atoms with Gasteiger partial charge in [0.2, 0.25) is 0 Å². The van der Waals surface area contributed by atoms with Gasteiger partial charge in [-0.1, -0.05) is 49.2 Å². The van der Waals surface area contributed by atoms with E-state index in [1.807, 2.05) is 6.92 Å². The zero-order chi connectivity index (χ0) is 26.2. The van der Waals surface area contributed by atoms with Gasteiger partial charge in [-0.3, -0.25) is 4.79 Å². The molecular formula is C26H25Cl2F3N4O. The molecule has 1 aliphatic heterocycles. The molecule has 0 unspecified atom stereocenters. The Balaban J connectivity index is 1.58. The summed E-state index contributed by atoms with van der Waals surface area (Å²) < 4.78 is 39.0. The van der Waals surface area contributed by atoms with Crippen molar-refractivity contribution < 1.29 is 18.0 Å². The lowest BCUT2D eigenvalue weighted by Gasteiger charge is -2.37. The van der Waals surface area contributed by atoms with Gasteiger partial charge in [-0.25, -0.2) is 9.97 Å². The van der Waals surface area contributed by atoms with Crippen molar-refractivity contribution in [1.29, 1.82) is 0 Å². The number of aromatic nitrogens is 2. The molecule has 1 amide bonds. The smallest absolute Gasteiger partial charge is 0.353 e. The molecule has 1 aromatic heterocycles. The molecule has 4 rings (SSSR count). The number of carbonyl (C=O) groups is 1. The van der Waals surface area contributed by atoms with Crippen molar-refractivity contribution in [2.45, 2.75) is 32.9 Å². The van der Waals surface area contributed by atoms with Gasteiger partial charge in [-0.15, -0.1) is 0 Å². The van der Waals surface area contributed by atoms with E-state index in [0.717, 1.165) is 29.2 Å². The standard InChI is InChI=1S/C26H25Cl2F3N4O/c1-15(2)22-16(3)32-23(17-4-7-19(8-5-17)26(29,30)31)33-24(22)34-10-12-35(13-11-34)25(36)18-6-9-20(27)21(28)14-18/h4-9,14-15H,10-13H2,1-3H3. The second-order valence-corrected chi connectivity index (χ2v) is 9.82. The lowest BCUT2D eigenvalue weighted by Crippen LogP contribution is -2.49. The van der Waals surface area contributed by atoms with Crippen LogP contribution in [0.4, 0.5) is 19.0 Å². The SMILES string of the molecule is Cc1nc(-c2ccc(C(F)(F)F)cc2)nc(N2CCN(C(=O)c3ccc(Cl)c(Cl)c3)CC2)c1C(C)C. The number of piperazine rings is 1. The molecule has 0 N–H and O–H groups in total. The van der Waals surface area contributed by atoms with Crippen LogP contribution in [0.5, 0.6) is 0 Å². The molecule has 36 heavy (non-hydrogen) atoms. The first-order chi connectivity index (χ1) is 17.0. The topological polar surface area (TPSA) is 49.3 Å². The van der Waals surface area contributed by atoms with Crippen molar-refractivity contribution in [1.82, 2.24) is 14.9 Å². The fourth-order valence-corrected chi connectivity index (χ4v) is 4.65. The summed E-state index contributed by atoms with van der Waals surface area (Å²) in [6, 6.07) is 9.70. The predicted molar refractivity (Wildman–Crippen MR) is 136 cm³/mol. The van der Waals surface area contributed by atoms with Gasteiger partial charge in [0.1, 0.15) is 5.82 Å². The maximum absolute atomic E-state index is 13.0. The number of alkyl halides is 3. The summed E-state index contributed by atoms with van der Waals surface area (Å²) in [6.45, 7) is 8.06. The number of nitrogens with zero attached hydrogens (tertiary/aromatic N) is 4. The maximum atomic E-state index is 13.0. The summed E-state index contributed by atoms with van der Waals surface area (Å²) in [6.07, 6.45) is -4.41. The summed E-state index contributed by atoms with van der Waals surface area (Å²) in [5.74, 6) is 1.13. The van der Waals surface area contributed by atoms with Gasteiger partial charge in [-0.05, 0) is 43.2 Å². The van der Waals surface area contributed by atoms with E-state index in [1.165, 1.54) is 12.1 Å². The van der Waals surface area contributed by atoms with E-state index in [9.17, 15) is 18.0 Å². The van der Waals surface area contributed by atoms with Crippen molar-refractivity contribution in [3.05, 3.63) is 74.9 Å². The van der Waals surface area contributed by atoms with E-state index in [0.29, 0.717) is 53.2 Å². The van der Waals surface area contributed by atoms with Crippen molar-refractivity contribution in [3.63, 3.8) is 0 Å². The van der Waals surface area contributed by atoms with Crippen LogP contribution < -0.4 is 4.90 Å². The molecule has 0 saturated carbocycles. The number of aryl methyl sites for hydroxylation is 1. The number of amides is 1. The highest BCUT2D eigenvalue weighted by molar-refractivity contribution is 6.42. The molecule has 3 aromatic rings. The first-order valence-corrected chi connectivity index (χ1v) is 12.3. The molecular weight excluding hydrogens is 512 g/mol. The van der Waals surface area contributed by atoms with Gasteiger partial charge in [0.05, 0.1) is 15.6 Å². The van der Waals surface area contributed by atoms with Gasteiger partial charge in [-0.2, -0.15) is 13.2 Å². The first-order valence-electron chi connectivity index (χ1n) is 11.5. The van der Waals surface area contributed by atoms with Crippen molar-refractivity contribution >= 4 is 34.9 Å². The highest BCUT2D eigenvalue weighted by Gasteiger charge is 2.30. The number of hydrogen-bond donors (Lipinski definition) is 0. The van der Waals surface area contributed by atoms with Gasteiger partial charge >= 0.3 is 6.18 Å². The Kier molecular flexibility index (Phi) is 7.48. The number of rotatable bonds is 4. The molecule has 1 saturated heterocycles. The van der Waals surface area contributed by atoms with Gasteiger partial charge in [0, 0.05) is 48.6 Å². The Labute approximate surface area is 217 Å². The summed E-state index contributed by atoms with van der Waals surface area (Å²) in [4.78, 5) is 26.2. The van der Waals surface area contributed by atoms with Crippen LogP contribution in [0.25, 0.3) is 11.4 Å². The second-order valence-electron chi connectivity index (χ2n) is 9.01. The maximum Gasteiger partial charge on any atom is 0.416 e. The van der Waals surface area contributed by atoms with Crippen LogP contribution in [0.15, 0.2) is 42.5 Å². The molecule has 0 radical (unpaired) electrons. The minimum atomic E-state index is -4.41. The summed E-state index contributed by atoms with van der Waals surface area (Å²) >= 11 is 12.0. The molecule has 2 aromatic carbocycles. The van der Waals surface area contributed by atoms with Crippen LogP contribution in [0, 0.1) is 6.92 Å². The second kappa shape index (κ2) is 10.3. The summed E-state index contributed by atoms with van der Waals surface area (Å²) in [7, 11) is 0. The average molecular weight is 537 g/mol. The molecule has 5 nitrogen and oxygen atoms in total. The first kappa shape index (κ1) is 26.2. The molecule has 1 fully saturated rings. The van der Waals surface area contributed by atoms with Crippen LogP contribution in [-0.4, -0.2) is 47.0 Å². The van der Waals surface area contributed by atoms with Crippen LogP contribution in [0.1, 0.15) is 46.9 Å². The molecule has 0 bridgehead atoms. The molecule has 10 heteroatoms. The number of hydrogen-bond acceptors (Lipinski definition) is 4. The Morgan fingerprint density at radius 1 is 0.944 bits per heavy atom. The quantitative estimate of drug-likeness (QED) is 0.365. The third-order valence-corrected chi connectivity index (χ3v) is 6.94. The van der Waals surface area contributed by atoms with Crippen molar-refractivity contribution in [2.24, 2.45) is 0 Å². The Bertz CT molecular complexity index is 1270. The molecule has 0 atom stereocenters. The fourth-order valence-electron chi connectivity index (χ4n) is 4.35. The minimum Gasteiger partial charge on any atom is -0.353 e. The number of halogens is 5. The van der Waals surface area contributed by atoms with Crippen LogP contribution in [0.2, 0.25) is 10.0 Å². The monoisotopic (exact) mass is 536 g/mol. The largest absolute Gasteiger partial charge is 0.416 e. The third-order valence-electron chi connectivity index (χ3n) is 6.20. The molecule has 0 aliphatic carbocycles. The normalized spacial score (nSPS) is 14.5. The van der Waals surface area contributed by atoms with E-state index in [4.69, 9.17) is 28.2 Å². The van der Waals surface area contributed by atoms with E-state index in [-0.39, 0.29) is 11.8 Å². The lowest BCUT2D eigenvalue weighted by molar-refractivity contribution is -0.137. The average Bonchev–Trinajstić information content (AvgIpc) is 2.84. The third kappa shape index (κ3) is 5.44. The van der Waals surface area contributed by atoms with Gasteiger partial charge in [0.15, 0.2) is 5.82 Å². The molecule has 1 aliphatic rings. The van der Waals surface area contributed by atoms with E-state index < -0.39 is 11.7 Å². The van der Waals surface area contributed by atoms with Crippen LogP contribution in [0.3, 0.4) is 0 Å². The number of carbonyl (C=O) groups excluding carboxylic acids is 1. The number of anilines is 1. The van der Waals surface area contributed by atoms with Crippen molar-refractivity contribution in [2.75, 3.05) is 31.1 Å². The predicted octanol–water partition coefficient (Wildman–Crippen LogP) is 6.86. The molecule has 0 spiro atoms. The van der Waals surface area contributed by atoms with Gasteiger partial charge < -0.3 is 9.80 Å². The van der Waals surface area contributed by atoms with E-state index >= 15 is 0 Å². The zero-order valence-electron chi connectivity index (χ0n) is 20.0. The minimum absolute atomic E-state index is 0.124. The molecule has 2 heterocycles. The Morgan fingerprint density at radius 3 is 2.14 bits per heavy atom. The summed E-state index contributed by atoms with van der Waals surface area (Å²) in [5.41, 5.74) is 2.03. The fraction of sp³-hybridized carbons (Fsp3) is 0.346. The number of benzene rings is 2. The summed E-state index contributed by atoms with van der Waals surface area (Å²) in [5, 5.41) is 0.720. The highest BCUT2D eigenvalue weighted by atomic mass is 35.5. The van der Waals surface area contributed by atoms with Crippen LogP contribution in [-0.2, 0) is 6.18 Å². The lowest BCUT2D eigenvalue weighted by atomic mass is 10.0. The van der Waals surface area contributed by atoms with Crippen LogP contribution >= 0.6 is 23.2 Å². The van der Waals surface area contributed by atoms with Crippen molar-refractivity contribution in [3.8, 4) is 11.4 Å². The van der Waals surface area contributed by atoms with Gasteiger partial charge in [0.25, 0.3) is 5.91 Å². The Hall–Kier alpha value is -2.84.